The van der Waals surface area contributed by atoms with Crippen LogP contribution < -0.4 is 11.1 Å². The Morgan fingerprint density at radius 1 is 1.63 bits per heavy atom. The highest BCUT2D eigenvalue weighted by molar-refractivity contribution is 9.11. The molecule has 0 saturated carbocycles. The zero-order valence-electron chi connectivity index (χ0n) is 10.9. The first-order valence-electron chi connectivity index (χ1n) is 6.62. The fourth-order valence-electron chi connectivity index (χ4n) is 2.44. The number of amides is 1. The van der Waals surface area contributed by atoms with E-state index in [9.17, 15) is 4.79 Å². The molecule has 1 aliphatic rings. The fraction of sp³-hybridized carbons (Fsp3) is 0.615. The van der Waals surface area contributed by atoms with Crippen molar-refractivity contribution in [2.75, 3.05) is 26.2 Å². The Balaban J connectivity index is 1.84. The molecule has 0 radical (unpaired) electrons. The van der Waals surface area contributed by atoms with Gasteiger partial charge in [-0.1, -0.05) is 0 Å². The quantitative estimate of drug-likeness (QED) is 0.855. The summed E-state index contributed by atoms with van der Waals surface area (Å²) in [6.45, 7) is 3.94. The number of halogens is 1. The maximum atomic E-state index is 12.0. The van der Waals surface area contributed by atoms with Crippen LogP contribution in [0.5, 0.6) is 0 Å². The highest BCUT2D eigenvalue weighted by Gasteiger charge is 2.25. The second kappa shape index (κ2) is 7.38. The van der Waals surface area contributed by atoms with E-state index in [2.05, 4.69) is 37.6 Å². The molecule has 19 heavy (non-hydrogen) atoms. The average Bonchev–Trinajstić information content (AvgIpc) is 2.81. The van der Waals surface area contributed by atoms with E-state index in [-0.39, 0.29) is 11.8 Å². The monoisotopic (exact) mass is 345 g/mol. The summed E-state index contributed by atoms with van der Waals surface area (Å²) in [7, 11) is 0. The molecule has 4 nitrogen and oxygen atoms in total. The Morgan fingerprint density at radius 3 is 3.16 bits per heavy atom. The van der Waals surface area contributed by atoms with E-state index < -0.39 is 0 Å². The van der Waals surface area contributed by atoms with Gasteiger partial charge in [-0.3, -0.25) is 9.69 Å². The number of thiophene rings is 1. The molecule has 1 aromatic rings. The Morgan fingerprint density at radius 2 is 2.47 bits per heavy atom. The van der Waals surface area contributed by atoms with Crippen LogP contribution in [-0.2, 0) is 11.3 Å². The predicted molar refractivity (Wildman–Crippen MR) is 82.1 cm³/mol. The van der Waals surface area contributed by atoms with Crippen LogP contribution in [0.3, 0.4) is 0 Å². The van der Waals surface area contributed by atoms with Crippen molar-refractivity contribution in [3.05, 3.63) is 20.8 Å². The lowest BCUT2D eigenvalue weighted by Gasteiger charge is -2.31. The first kappa shape index (κ1) is 15.0. The molecule has 0 bridgehead atoms. The third-order valence-electron chi connectivity index (χ3n) is 3.35. The molecular weight excluding hydrogens is 326 g/mol. The summed E-state index contributed by atoms with van der Waals surface area (Å²) in [4.78, 5) is 14.3. The van der Waals surface area contributed by atoms with Crippen molar-refractivity contribution in [3.63, 3.8) is 0 Å². The normalized spacial score (nSPS) is 20.4. The number of carbonyl (C=O) groups excluding carboxylic acids is 1. The van der Waals surface area contributed by atoms with Crippen LogP contribution in [0.15, 0.2) is 15.2 Å². The number of hydrogen-bond donors (Lipinski definition) is 2. The van der Waals surface area contributed by atoms with Crippen LogP contribution in [0, 0.1) is 5.92 Å². The minimum atomic E-state index is 0.113. The van der Waals surface area contributed by atoms with E-state index in [1.165, 1.54) is 5.56 Å². The Labute approximate surface area is 126 Å². The summed E-state index contributed by atoms with van der Waals surface area (Å²) in [6, 6.07) is 2.16. The van der Waals surface area contributed by atoms with Gasteiger partial charge in [-0.2, -0.15) is 0 Å². The predicted octanol–water partition coefficient (Wildman–Crippen LogP) is 1.80. The molecule has 1 saturated heterocycles. The van der Waals surface area contributed by atoms with E-state index >= 15 is 0 Å². The van der Waals surface area contributed by atoms with Gasteiger partial charge in [0.25, 0.3) is 0 Å². The van der Waals surface area contributed by atoms with Gasteiger partial charge < -0.3 is 11.1 Å². The largest absolute Gasteiger partial charge is 0.355 e. The topological polar surface area (TPSA) is 58.4 Å². The number of piperidine rings is 1. The van der Waals surface area contributed by atoms with Crippen LogP contribution in [0.2, 0.25) is 0 Å². The van der Waals surface area contributed by atoms with Gasteiger partial charge >= 0.3 is 0 Å². The summed E-state index contributed by atoms with van der Waals surface area (Å²) < 4.78 is 1.16. The first-order chi connectivity index (χ1) is 9.19. The molecule has 6 heteroatoms. The molecule has 0 aliphatic carbocycles. The SMILES string of the molecule is NCCNC(=O)C1CCCN(Cc2csc(Br)c2)C1. The molecule has 1 aliphatic heterocycles. The van der Waals surface area contributed by atoms with Crippen molar-refractivity contribution >= 4 is 33.2 Å². The van der Waals surface area contributed by atoms with Gasteiger partial charge in [-0.15, -0.1) is 11.3 Å². The molecule has 3 N–H and O–H groups in total. The van der Waals surface area contributed by atoms with Gasteiger partial charge in [0.05, 0.1) is 9.70 Å². The second-order valence-electron chi connectivity index (χ2n) is 4.91. The lowest BCUT2D eigenvalue weighted by Crippen LogP contribution is -2.43. The third kappa shape index (κ3) is 4.56. The smallest absolute Gasteiger partial charge is 0.224 e. The summed E-state index contributed by atoms with van der Waals surface area (Å²) in [5.41, 5.74) is 6.73. The van der Waals surface area contributed by atoms with E-state index in [0.717, 1.165) is 36.3 Å². The van der Waals surface area contributed by atoms with Crippen LogP contribution >= 0.6 is 27.3 Å². The van der Waals surface area contributed by atoms with Crippen molar-refractivity contribution < 1.29 is 4.79 Å². The minimum Gasteiger partial charge on any atom is -0.355 e. The second-order valence-corrected chi connectivity index (χ2v) is 7.20. The standard InChI is InChI=1S/C13H20BrN3OS/c14-12-6-10(9-19-12)7-17-5-1-2-11(8-17)13(18)16-4-3-15/h6,9,11H,1-5,7-8,15H2,(H,16,18). The van der Waals surface area contributed by atoms with Crippen molar-refractivity contribution in [2.45, 2.75) is 19.4 Å². The third-order valence-corrected chi connectivity index (χ3v) is 4.90. The minimum absolute atomic E-state index is 0.113. The summed E-state index contributed by atoms with van der Waals surface area (Å²) >= 11 is 5.19. The summed E-state index contributed by atoms with van der Waals surface area (Å²) in [5, 5.41) is 5.06. The van der Waals surface area contributed by atoms with Gasteiger partial charge in [0.2, 0.25) is 5.91 Å². The molecule has 106 valence electrons. The molecule has 1 unspecified atom stereocenters. The molecule has 2 heterocycles. The molecule has 1 amide bonds. The van der Waals surface area contributed by atoms with Crippen LogP contribution in [0.25, 0.3) is 0 Å². The van der Waals surface area contributed by atoms with Crippen LogP contribution in [-0.4, -0.2) is 37.0 Å². The zero-order valence-corrected chi connectivity index (χ0v) is 13.3. The van der Waals surface area contributed by atoms with Crippen molar-refractivity contribution in [1.29, 1.82) is 0 Å². The zero-order chi connectivity index (χ0) is 13.7. The van der Waals surface area contributed by atoms with Crippen molar-refractivity contribution in [1.82, 2.24) is 10.2 Å². The highest BCUT2D eigenvalue weighted by atomic mass is 79.9. The van der Waals surface area contributed by atoms with Gasteiger partial charge in [0.15, 0.2) is 0 Å². The molecule has 1 fully saturated rings. The van der Waals surface area contributed by atoms with Crippen molar-refractivity contribution in [3.8, 4) is 0 Å². The Kier molecular flexibility index (Phi) is 5.81. The molecule has 0 aromatic carbocycles. The fourth-order valence-corrected chi connectivity index (χ4v) is 3.64. The Bertz CT molecular complexity index is 424. The van der Waals surface area contributed by atoms with Crippen LogP contribution in [0.1, 0.15) is 18.4 Å². The van der Waals surface area contributed by atoms with Gasteiger partial charge in [-0.05, 0) is 52.3 Å². The number of nitrogens with one attached hydrogen (secondary N) is 1. The lowest BCUT2D eigenvalue weighted by atomic mass is 9.97. The Hall–Kier alpha value is -0.430. The van der Waals surface area contributed by atoms with E-state index in [0.29, 0.717) is 13.1 Å². The van der Waals surface area contributed by atoms with Gasteiger partial charge in [0.1, 0.15) is 0 Å². The summed E-state index contributed by atoms with van der Waals surface area (Å²) in [6.07, 6.45) is 2.08. The molecule has 1 aromatic heterocycles. The maximum Gasteiger partial charge on any atom is 0.224 e. The van der Waals surface area contributed by atoms with E-state index in [4.69, 9.17) is 5.73 Å². The highest BCUT2D eigenvalue weighted by Crippen LogP contribution is 2.24. The molecule has 2 rings (SSSR count). The number of hydrogen-bond acceptors (Lipinski definition) is 4. The summed E-state index contributed by atoms with van der Waals surface area (Å²) in [5.74, 6) is 0.268. The van der Waals surface area contributed by atoms with E-state index in [1.54, 1.807) is 11.3 Å². The number of carbonyl (C=O) groups is 1. The number of nitrogens with zero attached hydrogens (tertiary/aromatic N) is 1. The number of likely N-dealkylation sites (tertiary alicyclic amines) is 1. The average molecular weight is 346 g/mol. The molecule has 1 atom stereocenters. The first-order valence-corrected chi connectivity index (χ1v) is 8.29. The molecule has 0 spiro atoms. The lowest BCUT2D eigenvalue weighted by molar-refractivity contribution is -0.126. The molecular formula is C13H20BrN3OS. The van der Waals surface area contributed by atoms with Gasteiger partial charge in [-0.25, -0.2) is 0 Å². The van der Waals surface area contributed by atoms with E-state index in [1.807, 2.05) is 0 Å². The van der Waals surface area contributed by atoms with Crippen LogP contribution in [0.4, 0.5) is 0 Å². The maximum absolute atomic E-state index is 12.0. The van der Waals surface area contributed by atoms with Gasteiger partial charge in [0, 0.05) is 26.2 Å². The number of nitrogens with two attached hydrogens (primary N) is 1. The number of rotatable bonds is 5. The van der Waals surface area contributed by atoms with Crippen molar-refractivity contribution in [2.24, 2.45) is 11.7 Å².